The van der Waals surface area contributed by atoms with Crippen molar-refractivity contribution in [2.24, 2.45) is 0 Å². The topological polar surface area (TPSA) is 83.8 Å². The van der Waals surface area contributed by atoms with Gasteiger partial charge in [0.2, 0.25) is 5.88 Å². The zero-order valence-electron chi connectivity index (χ0n) is 11.7. The summed E-state index contributed by atoms with van der Waals surface area (Å²) < 4.78 is 5.04. The number of hydrogen-bond acceptors (Lipinski definition) is 4. The molecule has 21 heavy (non-hydrogen) atoms. The van der Waals surface area contributed by atoms with E-state index in [1.807, 2.05) is 38.1 Å². The second-order valence-electron chi connectivity index (χ2n) is 4.70. The maximum atomic E-state index is 11.9. The molecule has 0 bridgehead atoms. The lowest BCUT2D eigenvalue weighted by molar-refractivity contribution is -0.112. The first kappa shape index (κ1) is 13.1. The summed E-state index contributed by atoms with van der Waals surface area (Å²) in [6, 6.07) is 7.73. The molecular formula is C15H14N4O2. The fourth-order valence-corrected chi connectivity index (χ4v) is 1.95. The van der Waals surface area contributed by atoms with Gasteiger partial charge in [-0.25, -0.2) is 0 Å². The molecular weight excluding hydrogens is 268 g/mol. The Morgan fingerprint density at radius 2 is 2.14 bits per heavy atom. The number of aromatic nitrogens is 3. The third kappa shape index (κ3) is 2.55. The van der Waals surface area contributed by atoms with Crippen molar-refractivity contribution in [1.29, 1.82) is 0 Å². The minimum atomic E-state index is -0.290. The van der Waals surface area contributed by atoms with Gasteiger partial charge in [-0.15, -0.1) is 0 Å². The van der Waals surface area contributed by atoms with E-state index in [9.17, 15) is 4.79 Å². The molecule has 0 aliphatic heterocycles. The molecule has 2 heterocycles. The molecule has 6 heteroatoms. The fourth-order valence-electron chi connectivity index (χ4n) is 1.95. The second kappa shape index (κ2) is 5.24. The highest BCUT2D eigenvalue weighted by molar-refractivity contribution is 6.02. The monoisotopic (exact) mass is 282 g/mol. The standard InChI is InChI=1S/C15H14N4O2/c1-9-10(2)19-21-15(9)16-14(20)8-7-13-11-5-3-4-6-12(11)17-18-13/h3-8H,1-2H3,(H,16,20)(H,17,18). The predicted molar refractivity (Wildman–Crippen MR) is 79.7 cm³/mol. The van der Waals surface area contributed by atoms with E-state index in [2.05, 4.69) is 20.7 Å². The Kier molecular flexibility index (Phi) is 3.27. The Morgan fingerprint density at radius 1 is 1.33 bits per heavy atom. The van der Waals surface area contributed by atoms with Gasteiger partial charge in [0.15, 0.2) is 0 Å². The van der Waals surface area contributed by atoms with Crippen LogP contribution in [0.4, 0.5) is 5.88 Å². The van der Waals surface area contributed by atoms with E-state index in [-0.39, 0.29) is 5.91 Å². The van der Waals surface area contributed by atoms with Gasteiger partial charge in [0, 0.05) is 17.0 Å². The van der Waals surface area contributed by atoms with Gasteiger partial charge < -0.3 is 4.52 Å². The molecule has 1 amide bonds. The first-order chi connectivity index (χ1) is 10.1. The normalized spacial score (nSPS) is 11.3. The van der Waals surface area contributed by atoms with Gasteiger partial charge in [-0.05, 0) is 26.0 Å². The minimum absolute atomic E-state index is 0.290. The Labute approximate surface area is 120 Å². The molecule has 0 aliphatic rings. The number of para-hydroxylation sites is 1. The molecule has 2 N–H and O–H groups in total. The van der Waals surface area contributed by atoms with Crippen LogP contribution in [0.25, 0.3) is 17.0 Å². The number of rotatable bonds is 3. The summed E-state index contributed by atoms with van der Waals surface area (Å²) in [7, 11) is 0. The summed E-state index contributed by atoms with van der Waals surface area (Å²) in [5, 5.41) is 14.5. The minimum Gasteiger partial charge on any atom is -0.338 e. The number of nitrogens with one attached hydrogen (secondary N) is 2. The third-order valence-electron chi connectivity index (χ3n) is 3.29. The molecule has 0 saturated heterocycles. The Morgan fingerprint density at radius 3 is 2.90 bits per heavy atom. The van der Waals surface area contributed by atoms with Crippen LogP contribution >= 0.6 is 0 Å². The highest BCUT2D eigenvalue weighted by atomic mass is 16.5. The van der Waals surface area contributed by atoms with E-state index >= 15 is 0 Å². The van der Waals surface area contributed by atoms with Gasteiger partial charge >= 0.3 is 0 Å². The van der Waals surface area contributed by atoms with Crippen LogP contribution in [-0.2, 0) is 4.79 Å². The molecule has 3 aromatic rings. The molecule has 1 aromatic carbocycles. The second-order valence-corrected chi connectivity index (χ2v) is 4.70. The van der Waals surface area contributed by atoms with Gasteiger partial charge in [0.05, 0.1) is 16.9 Å². The fraction of sp³-hybridized carbons (Fsp3) is 0.133. The third-order valence-corrected chi connectivity index (χ3v) is 3.29. The van der Waals surface area contributed by atoms with Gasteiger partial charge in [0.25, 0.3) is 5.91 Å². The number of hydrogen-bond donors (Lipinski definition) is 2. The first-order valence-corrected chi connectivity index (χ1v) is 6.50. The largest absolute Gasteiger partial charge is 0.338 e. The van der Waals surface area contributed by atoms with Crippen molar-refractivity contribution in [2.75, 3.05) is 5.32 Å². The van der Waals surface area contributed by atoms with Crippen LogP contribution in [0.2, 0.25) is 0 Å². The van der Waals surface area contributed by atoms with E-state index in [0.717, 1.165) is 22.2 Å². The van der Waals surface area contributed by atoms with Crippen molar-refractivity contribution in [2.45, 2.75) is 13.8 Å². The van der Waals surface area contributed by atoms with Crippen LogP contribution in [0.3, 0.4) is 0 Å². The summed E-state index contributed by atoms with van der Waals surface area (Å²) in [5.74, 6) is 0.0790. The molecule has 2 aromatic heterocycles. The van der Waals surface area contributed by atoms with Crippen LogP contribution in [0.5, 0.6) is 0 Å². The molecule has 0 saturated carbocycles. The number of carbonyl (C=O) groups is 1. The lowest BCUT2D eigenvalue weighted by Gasteiger charge is -1.96. The molecule has 6 nitrogen and oxygen atoms in total. The van der Waals surface area contributed by atoms with E-state index in [1.54, 1.807) is 6.08 Å². The molecule has 3 rings (SSSR count). The number of aryl methyl sites for hydroxylation is 1. The van der Waals surface area contributed by atoms with Crippen molar-refractivity contribution in [3.63, 3.8) is 0 Å². The van der Waals surface area contributed by atoms with Crippen molar-refractivity contribution in [3.8, 4) is 0 Å². The SMILES string of the molecule is Cc1noc(NC(=O)C=Cc2n[nH]c3ccccc23)c1C. The van der Waals surface area contributed by atoms with E-state index in [1.165, 1.54) is 6.08 Å². The smallest absolute Gasteiger partial charge is 0.250 e. The maximum absolute atomic E-state index is 11.9. The Balaban J connectivity index is 1.76. The van der Waals surface area contributed by atoms with Crippen molar-refractivity contribution in [1.82, 2.24) is 15.4 Å². The van der Waals surface area contributed by atoms with Crippen LogP contribution in [0, 0.1) is 13.8 Å². The molecule has 0 spiro atoms. The average molecular weight is 282 g/mol. The summed E-state index contributed by atoms with van der Waals surface area (Å²) in [6.07, 6.45) is 3.08. The van der Waals surface area contributed by atoms with E-state index in [4.69, 9.17) is 4.52 Å². The Bertz CT molecular complexity index is 829. The zero-order valence-corrected chi connectivity index (χ0v) is 11.7. The van der Waals surface area contributed by atoms with Gasteiger partial charge in [0.1, 0.15) is 0 Å². The number of benzene rings is 1. The molecule has 0 fully saturated rings. The number of amides is 1. The number of carbonyl (C=O) groups excluding carboxylic acids is 1. The number of aromatic amines is 1. The van der Waals surface area contributed by atoms with Crippen molar-refractivity contribution in [3.05, 3.63) is 47.3 Å². The highest BCUT2D eigenvalue weighted by Gasteiger charge is 2.10. The molecule has 0 radical (unpaired) electrons. The molecule has 106 valence electrons. The summed E-state index contributed by atoms with van der Waals surface area (Å²) in [6.45, 7) is 3.66. The van der Waals surface area contributed by atoms with Crippen LogP contribution in [0.15, 0.2) is 34.9 Å². The predicted octanol–water partition coefficient (Wildman–Crippen LogP) is 2.82. The van der Waals surface area contributed by atoms with Gasteiger partial charge in [-0.1, -0.05) is 23.4 Å². The van der Waals surface area contributed by atoms with Gasteiger partial charge in [-0.3, -0.25) is 15.2 Å². The Hall–Kier alpha value is -2.89. The summed E-state index contributed by atoms with van der Waals surface area (Å²) in [5.41, 5.74) is 3.22. The van der Waals surface area contributed by atoms with Gasteiger partial charge in [-0.2, -0.15) is 5.10 Å². The average Bonchev–Trinajstić information content (AvgIpc) is 3.04. The quantitative estimate of drug-likeness (QED) is 0.723. The van der Waals surface area contributed by atoms with Crippen LogP contribution in [0.1, 0.15) is 17.0 Å². The van der Waals surface area contributed by atoms with E-state index < -0.39 is 0 Å². The summed E-state index contributed by atoms with van der Waals surface area (Å²) in [4.78, 5) is 11.9. The molecule has 0 aliphatic carbocycles. The number of H-pyrrole nitrogens is 1. The van der Waals surface area contributed by atoms with Crippen molar-refractivity contribution >= 4 is 28.8 Å². The highest BCUT2D eigenvalue weighted by Crippen LogP contribution is 2.18. The van der Waals surface area contributed by atoms with Crippen molar-refractivity contribution < 1.29 is 9.32 Å². The summed E-state index contributed by atoms with van der Waals surface area (Å²) >= 11 is 0. The lowest BCUT2D eigenvalue weighted by atomic mass is 10.2. The van der Waals surface area contributed by atoms with Crippen LogP contribution < -0.4 is 5.32 Å². The number of nitrogens with zero attached hydrogens (tertiary/aromatic N) is 2. The first-order valence-electron chi connectivity index (χ1n) is 6.50. The molecule has 0 unspecified atom stereocenters. The lowest BCUT2D eigenvalue weighted by Crippen LogP contribution is -2.07. The number of anilines is 1. The number of fused-ring (bicyclic) bond motifs is 1. The molecule has 0 atom stereocenters. The van der Waals surface area contributed by atoms with Crippen LogP contribution in [-0.4, -0.2) is 21.3 Å². The zero-order chi connectivity index (χ0) is 14.8. The van der Waals surface area contributed by atoms with E-state index in [0.29, 0.717) is 11.6 Å². The maximum Gasteiger partial charge on any atom is 0.250 e.